The number of carbonyl (C=O) groups excluding carboxylic acids is 2. The summed E-state index contributed by atoms with van der Waals surface area (Å²) >= 11 is 0. The van der Waals surface area contributed by atoms with Crippen molar-refractivity contribution in [2.75, 3.05) is 19.6 Å². The molecule has 0 aromatic carbocycles. The van der Waals surface area contributed by atoms with Crippen LogP contribution < -0.4 is 0 Å². The van der Waals surface area contributed by atoms with Crippen LogP contribution >= 0.6 is 0 Å². The van der Waals surface area contributed by atoms with E-state index in [-0.39, 0.29) is 17.2 Å². The molecule has 0 aromatic heterocycles. The Hall–Kier alpha value is -1.39. The normalized spacial score (nSPS) is 22.9. The maximum Gasteiger partial charge on any atom is 0.234 e. The van der Waals surface area contributed by atoms with Gasteiger partial charge in [0.25, 0.3) is 0 Å². The molecular weight excluding hydrogens is 314 g/mol. The summed E-state index contributed by atoms with van der Waals surface area (Å²) in [6, 6.07) is 0. The van der Waals surface area contributed by atoms with Crippen molar-refractivity contribution in [3.8, 4) is 0 Å². The van der Waals surface area contributed by atoms with Crippen molar-refractivity contribution in [3.63, 3.8) is 0 Å². The first kappa shape index (κ1) is 19.9. The van der Waals surface area contributed by atoms with Crippen molar-refractivity contribution in [1.82, 2.24) is 9.80 Å². The number of hydrogen-bond acceptors (Lipinski definition) is 3. The zero-order valence-corrected chi connectivity index (χ0v) is 16.3. The largest absolute Gasteiger partial charge is 0.343 e. The zero-order valence-electron chi connectivity index (χ0n) is 16.3. The van der Waals surface area contributed by atoms with E-state index >= 15 is 0 Å². The first-order valence-electron chi connectivity index (χ1n) is 10.1. The van der Waals surface area contributed by atoms with Gasteiger partial charge in [0.1, 0.15) is 5.84 Å². The monoisotopic (exact) mass is 349 g/mol. The van der Waals surface area contributed by atoms with Gasteiger partial charge in [-0.2, -0.15) is 0 Å². The number of amides is 2. The Kier molecular flexibility index (Phi) is 7.03. The number of unbranched alkanes of at least 4 members (excludes halogenated alkanes) is 2. The van der Waals surface area contributed by atoms with Crippen LogP contribution in [-0.2, 0) is 9.59 Å². The van der Waals surface area contributed by atoms with Crippen LogP contribution in [0.1, 0.15) is 78.6 Å². The molecule has 5 nitrogen and oxygen atoms in total. The van der Waals surface area contributed by atoms with E-state index in [0.29, 0.717) is 24.7 Å². The van der Waals surface area contributed by atoms with Gasteiger partial charge in [0, 0.05) is 33.0 Å². The fourth-order valence-electron chi connectivity index (χ4n) is 4.35. The van der Waals surface area contributed by atoms with Crippen LogP contribution in [0.5, 0.6) is 0 Å². The number of hydrogen-bond donors (Lipinski definition) is 1. The first-order chi connectivity index (χ1) is 11.9. The highest BCUT2D eigenvalue weighted by molar-refractivity contribution is 6.07. The van der Waals surface area contributed by atoms with Gasteiger partial charge in [-0.25, -0.2) is 0 Å². The SMILES string of the molecule is CCCCC1(CCCC)CC(=N)N(CCC2CCN(C(C)=O)C2)C1=O. The predicted molar refractivity (Wildman–Crippen MR) is 101 cm³/mol. The lowest BCUT2D eigenvalue weighted by Crippen LogP contribution is -2.37. The topological polar surface area (TPSA) is 64.5 Å². The van der Waals surface area contributed by atoms with Crippen LogP contribution in [0.2, 0.25) is 0 Å². The molecule has 0 aliphatic carbocycles. The smallest absolute Gasteiger partial charge is 0.234 e. The molecule has 2 aliphatic heterocycles. The third kappa shape index (κ3) is 4.62. The summed E-state index contributed by atoms with van der Waals surface area (Å²) in [5.41, 5.74) is -0.315. The molecule has 1 unspecified atom stereocenters. The fraction of sp³-hybridized carbons (Fsp3) is 0.850. The van der Waals surface area contributed by atoms with Crippen LogP contribution in [0.3, 0.4) is 0 Å². The van der Waals surface area contributed by atoms with E-state index in [4.69, 9.17) is 5.41 Å². The first-order valence-corrected chi connectivity index (χ1v) is 10.1. The molecule has 0 bridgehead atoms. The third-order valence-electron chi connectivity index (χ3n) is 6.04. The Balaban J connectivity index is 1.95. The Morgan fingerprint density at radius 2 is 1.88 bits per heavy atom. The second kappa shape index (κ2) is 8.81. The van der Waals surface area contributed by atoms with Crippen LogP contribution in [0.25, 0.3) is 0 Å². The summed E-state index contributed by atoms with van der Waals surface area (Å²) in [6.07, 6.45) is 8.69. The molecule has 0 saturated carbocycles. The van der Waals surface area contributed by atoms with E-state index in [2.05, 4.69) is 13.8 Å². The lowest BCUT2D eigenvalue weighted by molar-refractivity contribution is -0.136. The Morgan fingerprint density at radius 3 is 2.40 bits per heavy atom. The molecule has 1 N–H and O–H groups in total. The van der Waals surface area contributed by atoms with Gasteiger partial charge in [-0.05, 0) is 31.6 Å². The van der Waals surface area contributed by atoms with E-state index in [9.17, 15) is 9.59 Å². The number of rotatable bonds is 9. The van der Waals surface area contributed by atoms with Crippen LogP contribution in [0.15, 0.2) is 0 Å². The summed E-state index contributed by atoms with van der Waals surface area (Å²) in [5, 5.41) is 8.39. The molecule has 5 heteroatoms. The van der Waals surface area contributed by atoms with Crippen LogP contribution in [0.4, 0.5) is 0 Å². The lowest BCUT2D eigenvalue weighted by Gasteiger charge is -2.27. The molecule has 2 amide bonds. The van der Waals surface area contributed by atoms with Gasteiger partial charge in [0.15, 0.2) is 0 Å². The average Bonchev–Trinajstić information content (AvgIpc) is 3.14. The van der Waals surface area contributed by atoms with Crippen molar-refractivity contribution in [3.05, 3.63) is 0 Å². The van der Waals surface area contributed by atoms with Crippen molar-refractivity contribution >= 4 is 17.6 Å². The predicted octanol–water partition coefficient (Wildman–Crippen LogP) is 3.82. The number of amidine groups is 1. The molecule has 1 atom stereocenters. The highest BCUT2D eigenvalue weighted by Crippen LogP contribution is 2.42. The van der Waals surface area contributed by atoms with Crippen molar-refractivity contribution in [2.45, 2.75) is 78.6 Å². The van der Waals surface area contributed by atoms with Gasteiger partial charge in [-0.3, -0.25) is 15.0 Å². The highest BCUT2D eigenvalue weighted by Gasteiger charge is 2.48. The minimum atomic E-state index is -0.315. The van der Waals surface area contributed by atoms with E-state index in [0.717, 1.165) is 64.5 Å². The summed E-state index contributed by atoms with van der Waals surface area (Å²) in [7, 11) is 0. The minimum Gasteiger partial charge on any atom is -0.343 e. The molecule has 0 radical (unpaired) electrons. The van der Waals surface area contributed by atoms with Gasteiger partial charge in [0.05, 0.1) is 5.41 Å². The molecular formula is C20H35N3O2. The molecule has 2 fully saturated rings. The van der Waals surface area contributed by atoms with Gasteiger partial charge >= 0.3 is 0 Å². The second-order valence-corrected chi connectivity index (χ2v) is 7.98. The maximum atomic E-state index is 13.1. The summed E-state index contributed by atoms with van der Waals surface area (Å²) in [6.45, 7) is 8.24. The van der Waals surface area contributed by atoms with Crippen molar-refractivity contribution in [2.24, 2.45) is 11.3 Å². The Labute approximate surface area is 152 Å². The lowest BCUT2D eigenvalue weighted by atomic mass is 9.77. The standard InChI is InChI=1S/C20H35N3O2/c1-4-6-10-20(11-7-5-2)14-18(21)23(19(20)25)13-9-17-8-12-22(15-17)16(3)24/h17,21H,4-15H2,1-3H3. The molecule has 2 rings (SSSR count). The number of likely N-dealkylation sites (tertiary alicyclic amines) is 2. The molecule has 25 heavy (non-hydrogen) atoms. The van der Waals surface area contributed by atoms with Crippen molar-refractivity contribution < 1.29 is 9.59 Å². The van der Waals surface area contributed by atoms with E-state index in [1.807, 2.05) is 4.90 Å². The number of carbonyl (C=O) groups is 2. The molecule has 142 valence electrons. The average molecular weight is 350 g/mol. The number of nitrogens with zero attached hydrogens (tertiary/aromatic N) is 2. The van der Waals surface area contributed by atoms with Gasteiger partial charge in [-0.1, -0.05) is 39.5 Å². The van der Waals surface area contributed by atoms with Crippen LogP contribution in [0, 0.1) is 16.7 Å². The van der Waals surface area contributed by atoms with Gasteiger partial charge in [-0.15, -0.1) is 0 Å². The quantitative estimate of drug-likeness (QED) is 0.688. The summed E-state index contributed by atoms with van der Waals surface area (Å²) in [4.78, 5) is 28.3. The molecule has 2 saturated heterocycles. The Bertz CT molecular complexity index is 495. The van der Waals surface area contributed by atoms with Gasteiger partial charge < -0.3 is 9.80 Å². The number of nitrogens with one attached hydrogen (secondary N) is 1. The Morgan fingerprint density at radius 1 is 1.24 bits per heavy atom. The summed E-state index contributed by atoms with van der Waals surface area (Å²) in [5.74, 6) is 1.32. The maximum absolute atomic E-state index is 13.1. The second-order valence-electron chi connectivity index (χ2n) is 7.98. The summed E-state index contributed by atoms with van der Waals surface area (Å²) < 4.78 is 0. The molecule has 0 aromatic rings. The zero-order chi connectivity index (χ0) is 18.4. The van der Waals surface area contributed by atoms with E-state index in [1.54, 1.807) is 11.8 Å². The molecule has 2 aliphatic rings. The molecule has 2 heterocycles. The van der Waals surface area contributed by atoms with Crippen molar-refractivity contribution in [1.29, 1.82) is 5.41 Å². The minimum absolute atomic E-state index is 0.144. The van der Waals surface area contributed by atoms with Crippen LogP contribution in [-0.4, -0.2) is 47.1 Å². The third-order valence-corrected chi connectivity index (χ3v) is 6.04. The van der Waals surface area contributed by atoms with E-state index in [1.165, 1.54) is 0 Å². The van der Waals surface area contributed by atoms with E-state index < -0.39 is 0 Å². The molecule has 0 spiro atoms. The fourth-order valence-corrected chi connectivity index (χ4v) is 4.35. The van der Waals surface area contributed by atoms with Gasteiger partial charge in [0.2, 0.25) is 11.8 Å². The highest BCUT2D eigenvalue weighted by atomic mass is 16.2.